The van der Waals surface area contributed by atoms with Crippen LogP contribution in [0.15, 0.2) is 18.3 Å². The zero-order chi connectivity index (χ0) is 24.9. The average molecular weight is 493 g/mol. The van der Waals surface area contributed by atoms with Crippen molar-refractivity contribution in [1.29, 1.82) is 0 Å². The predicted octanol–water partition coefficient (Wildman–Crippen LogP) is 1.27. The molecule has 188 valence electrons. The lowest BCUT2D eigenvalue weighted by Crippen LogP contribution is -2.52. The molecule has 0 aromatic carbocycles. The molecule has 0 bridgehead atoms. The first-order valence-corrected chi connectivity index (χ1v) is 10.9. The number of halogens is 2. The van der Waals surface area contributed by atoms with Gasteiger partial charge in [0.25, 0.3) is 5.91 Å². The van der Waals surface area contributed by atoms with Crippen LogP contribution in [0.3, 0.4) is 0 Å². The molecule has 0 unspecified atom stereocenters. The second-order valence-electron chi connectivity index (χ2n) is 7.97. The van der Waals surface area contributed by atoms with E-state index in [1.54, 1.807) is 4.90 Å². The minimum Gasteiger partial charge on any atom is -0.465 e. The van der Waals surface area contributed by atoms with Crippen molar-refractivity contribution in [2.45, 2.75) is 18.5 Å². The largest absolute Gasteiger partial charge is 0.465 e. The molecular weight excluding hydrogens is 468 g/mol. The van der Waals surface area contributed by atoms with Crippen molar-refractivity contribution >= 4 is 35.1 Å². The normalized spacial score (nSPS) is 20.2. The van der Waals surface area contributed by atoms with E-state index < -0.39 is 35.7 Å². The summed E-state index contributed by atoms with van der Waals surface area (Å²) in [6.45, 7) is 2.20. The Bertz CT molecular complexity index is 1100. The molecule has 0 spiro atoms. The van der Waals surface area contributed by atoms with Gasteiger partial charge < -0.3 is 41.2 Å². The lowest BCUT2D eigenvalue weighted by Gasteiger charge is -2.32. The molecule has 4 rings (SSSR count). The number of hydrogen-bond donors (Lipinski definition) is 5. The van der Waals surface area contributed by atoms with E-state index >= 15 is 4.39 Å². The van der Waals surface area contributed by atoms with Crippen LogP contribution >= 0.6 is 0 Å². The molecule has 12 nitrogen and oxygen atoms in total. The van der Waals surface area contributed by atoms with E-state index in [4.69, 9.17) is 20.3 Å². The van der Waals surface area contributed by atoms with Gasteiger partial charge in [0.05, 0.1) is 43.2 Å². The van der Waals surface area contributed by atoms with Gasteiger partial charge in [0.2, 0.25) is 0 Å². The monoisotopic (exact) mass is 493 g/mol. The molecule has 2 atom stereocenters. The average Bonchev–Trinajstić information content (AvgIpc) is 2.83. The van der Waals surface area contributed by atoms with E-state index in [-0.39, 0.29) is 35.3 Å². The van der Waals surface area contributed by atoms with Gasteiger partial charge in [-0.15, -0.1) is 0 Å². The summed E-state index contributed by atoms with van der Waals surface area (Å²) in [5.41, 5.74) is 5.08. The highest BCUT2D eigenvalue weighted by molar-refractivity contribution is 5.98. The first-order chi connectivity index (χ1) is 16.8. The highest BCUT2D eigenvalue weighted by Gasteiger charge is 2.29. The van der Waals surface area contributed by atoms with Gasteiger partial charge in [-0.05, 0) is 18.6 Å². The quantitative estimate of drug-likeness (QED) is 0.379. The summed E-state index contributed by atoms with van der Waals surface area (Å²) >= 11 is 0. The molecule has 6 N–H and O–H groups in total. The predicted molar refractivity (Wildman–Crippen MR) is 121 cm³/mol. The third-order valence-electron chi connectivity index (χ3n) is 5.66. The topological polar surface area (TPSA) is 164 Å². The lowest BCUT2D eigenvalue weighted by molar-refractivity contribution is 0.0625. The highest BCUT2D eigenvalue weighted by atomic mass is 19.1. The number of morpholine rings is 1. The highest BCUT2D eigenvalue weighted by Crippen LogP contribution is 2.29. The molecule has 2 saturated heterocycles. The third kappa shape index (κ3) is 5.66. The number of carbonyl (C=O) groups is 2. The summed E-state index contributed by atoms with van der Waals surface area (Å²) < 4.78 is 40.7. The molecule has 0 aliphatic carbocycles. The zero-order valence-corrected chi connectivity index (χ0v) is 18.6. The van der Waals surface area contributed by atoms with E-state index in [2.05, 4.69) is 25.9 Å². The summed E-state index contributed by atoms with van der Waals surface area (Å²) in [5, 5.41) is 17.0. The summed E-state index contributed by atoms with van der Waals surface area (Å²) in [6.07, 6.45) is 0.512. The van der Waals surface area contributed by atoms with Crippen molar-refractivity contribution in [1.82, 2.24) is 15.3 Å². The van der Waals surface area contributed by atoms with E-state index in [0.717, 1.165) is 6.07 Å². The molecule has 14 heteroatoms. The number of ether oxygens (including phenoxy) is 2. The number of carbonyl (C=O) groups excluding carboxylic acids is 1. The first-order valence-electron chi connectivity index (χ1n) is 10.9. The van der Waals surface area contributed by atoms with Crippen LogP contribution < -0.4 is 26.6 Å². The summed E-state index contributed by atoms with van der Waals surface area (Å²) in [6, 6.07) is 1.04. The van der Waals surface area contributed by atoms with Gasteiger partial charge in [-0.1, -0.05) is 0 Å². The molecule has 4 heterocycles. The Hall–Kier alpha value is -3.78. The zero-order valence-electron chi connectivity index (χ0n) is 18.6. The Balaban J connectivity index is 1.63. The summed E-state index contributed by atoms with van der Waals surface area (Å²) in [4.78, 5) is 33.0. The molecule has 2 amide bonds. The number of primary amides is 1. The van der Waals surface area contributed by atoms with Crippen molar-refractivity contribution in [3.8, 4) is 0 Å². The minimum absolute atomic E-state index is 0.0365. The van der Waals surface area contributed by atoms with E-state index in [1.807, 2.05) is 0 Å². The maximum atomic E-state index is 15.3. The molecule has 2 aliphatic rings. The standard InChI is InChI=1S/C21H25F2N7O5/c22-12-9-11(17(24)31)18(29-19(12)26-13-2-6-35-10-15(13)28-21(32)33)27-14-1-3-25-20(16(14)23)30-4-7-34-8-5-30/h1,3,9,13,15,28H,2,4-8,10H2,(H2,24,31)(H,32,33)(H2,25,26,27,29)/t13-,15+/m1/s1. The second kappa shape index (κ2) is 10.7. The van der Waals surface area contributed by atoms with E-state index in [9.17, 15) is 14.0 Å². The van der Waals surface area contributed by atoms with Crippen LogP contribution in [-0.4, -0.2) is 78.7 Å². The van der Waals surface area contributed by atoms with Crippen molar-refractivity contribution < 1.29 is 33.0 Å². The number of carboxylic acid groups (broad SMARTS) is 1. The van der Waals surface area contributed by atoms with Crippen LogP contribution in [0.1, 0.15) is 16.8 Å². The number of rotatable bonds is 7. The van der Waals surface area contributed by atoms with Crippen LogP contribution in [0.4, 0.5) is 36.7 Å². The fraction of sp³-hybridized carbons (Fsp3) is 0.429. The maximum Gasteiger partial charge on any atom is 0.405 e. The smallest absolute Gasteiger partial charge is 0.405 e. The number of aromatic nitrogens is 2. The van der Waals surface area contributed by atoms with Crippen molar-refractivity contribution in [2.75, 3.05) is 55.1 Å². The van der Waals surface area contributed by atoms with Crippen LogP contribution in [0.5, 0.6) is 0 Å². The van der Waals surface area contributed by atoms with Gasteiger partial charge in [0.1, 0.15) is 5.82 Å². The van der Waals surface area contributed by atoms with Crippen molar-refractivity contribution in [3.05, 3.63) is 35.5 Å². The maximum absolute atomic E-state index is 15.3. The number of pyridine rings is 2. The fourth-order valence-corrected chi connectivity index (χ4v) is 3.91. The van der Waals surface area contributed by atoms with Crippen LogP contribution in [0, 0.1) is 11.6 Å². The van der Waals surface area contributed by atoms with Crippen molar-refractivity contribution in [2.24, 2.45) is 5.73 Å². The van der Waals surface area contributed by atoms with E-state index in [0.29, 0.717) is 39.3 Å². The molecule has 0 radical (unpaired) electrons. The SMILES string of the molecule is NC(=O)c1cc(F)c(N[C@@H]2CCOC[C@@H]2NC(=O)O)nc1Nc1ccnc(N2CCOCC2)c1F. The molecule has 0 saturated carbocycles. The molecule has 2 aromatic heterocycles. The molecule has 2 fully saturated rings. The van der Waals surface area contributed by atoms with Gasteiger partial charge in [-0.2, -0.15) is 0 Å². The Labute approximate surface area is 198 Å². The van der Waals surface area contributed by atoms with Crippen molar-refractivity contribution in [3.63, 3.8) is 0 Å². The number of hydrogen-bond acceptors (Lipinski definition) is 9. The van der Waals surface area contributed by atoms with Gasteiger partial charge in [-0.25, -0.2) is 23.5 Å². The van der Waals surface area contributed by atoms with Gasteiger partial charge in [0.15, 0.2) is 23.3 Å². The van der Waals surface area contributed by atoms with E-state index in [1.165, 1.54) is 12.3 Å². The van der Waals surface area contributed by atoms with Gasteiger partial charge >= 0.3 is 6.09 Å². The number of anilines is 4. The van der Waals surface area contributed by atoms with Crippen LogP contribution in [-0.2, 0) is 9.47 Å². The fourth-order valence-electron chi connectivity index (χ4n) is 3.91. The number of nitrogens with zero attached hydrogens (tertiary/aromatic N) is 3. The minimum atomic E-state index is -1.25. The Morgan fingerprint density at radius 3 is 2.63 bits per heavy atom. The first kappa shape index (κ1) is 24.3. The number of amides is 2. The number of nitrogens with two attached hydrogens (primary N) is 1. The second-order valence-corrected chi connectivity index (χ2v) is 7.97. The Morgan fingerprint density at radius 2 is 1.91 bits per heavy atom. The third-order valence-corrected chi connectivity index (χ3v) is 5.66. The molecule has 35 heavy (non-hydrogen) atoms. The number of nitrogens with one attached hydrogen (secondary N) is 3. The molecule has 2 aromatic rings. The Kier molecular flexibility index (Phi) is 7.41. The van der Waals surface area contributed by atoms with Crippen LogP contribution in [0.2, 0.25) is 0 Å². The lowest BCUT2D eigenvalue weighted by atomic mass is 10.0. The van der Waals surface area contributed by atoms with Gasteiger partial charge in [-0.3, -0.25) is 4.79 Å². The van der Waals surface area contributed by atoms with Crippen LogP contribution in [0.25, 0.3) is 0 Å². The van der Waals surface area contributed by atoms with Gasteiger partial charge in [0, 0.05) is 25.9 Å². The Morgan fingerprint density at radius 1 is 1.14 bits per heavy atom. The molecular formula is C21H25F2N7O5. The molecule has 2 aliphatic heterocycles. The summed E-state index contributed by atoms with van der Waals surface area (Å²) in [5.74, 6) is -2.86. The summed E-state index contributed by atoms with van der Waals surface area (Å²) in [7, 11) is 0.